The highest BCUT2D eigenvalue weighted by Gasteiger charge is 2.13. The molecule has 3 heteroatoms. The molecule has 0 nitrogen and oxygen atoms in total. The molecule has 0 heterocycles. The fourth-order valence-electron chi connectivity index (χ4n) is 1.73. The summed E-state index contributed by atoms with van der Waals surface area (Å²) in [7, 11) is 0. The van der Waals surface area contributed by atoms with Crippen molar-refractivity contribution >= 4 is 11.6 Å². The van der Waals surface area contributed by atoms with Crippen molar-refractivity contribution in [3.8, 4) is 0 Å². The molecule has 0 aliphatic carbocycles. The third-order valence-electron chi connectivity index (χ3n) is 2.67. The van der Waals surface area contributed by atoms with Crippen molar-refractivity contribution in [3.63, 3.8) is 0 Å². The fraction of sp³-hybridized carbons (Fsp3) is 0.143. The van der Waals surface area contributed by atoms with E-state index in [2.05, 4.69) is 0 Å². The predicted molar refractivity (Wildman–Crippen MR) is 65.2 cm³/mol. The minimum Gasteiger partial charge on any atom is -0.207 e. The smallest absolute Gasteiger partial charge is 0.123 e. The highest BCUT2D eigenvalue weighted by molar-refractivity contribution is 6.22. The van der Waals surface area contributed by atoms with E-state index in [1.54, 1.807) is 25.1 Å². The van der Waals surface area contributed by atoms with Crippen LogP contribution in [0.15, 0.2) is 42.5 Å². The van der Waals surface area contributed by atoms with Gasteiger partial charge in [0.1, 0.15) is 11.6 Å². The van der Waals surface area contributed by atoms with E-state index in [0.29, 0.717) is 0 Å². The zero-order valence-electron chi connectivity index (χ0n) is 9.25. The molecule has 0 saturated carbocycles. The molecule has 0 amide bonds. The van der Waals surface area contributed by atoms with Crippen molar-refractivity contribution in [2.75, 3.05) is 0 Å². The minimum atomic E-state index is -0.392. The first-order chi connectivity index (χ1) is 8.08. The summed E-state index contributed by atoms with van der Waals surface area (Å²) in [5.41, 5.74) is 2.41. The van der Waals surface area contributed by atoms with E-state index in [-0.39, 0.29) is 11.6 Å². The van der Waals surface area contributed by atoms with Crippen molar-refractivity contribution < 1.29 is 8.78 Å². The summed E-state index contributed by atoms with van der Waals surface area (Å²) in [6.45, 7) is 1.80. The van der Waals surface area contributed by atoms with Gasteiger partial charge in [-0.25, -0.2) is 8.78 Å². The van der Waals surface area contributed by atoms with Gasteiger partial charge >= 0.3 is 0 Å². The first-order valence-electron chi connectivity index (χ1n) is 5.23. The molecule has 0 saturated heterocycles. The average molecular weight is 253 g/mol. The van der Waals surface area contributed by atoms with Gasteiger partial charge < -0.3 is 0 Å². The van der Waals surface area contributed by atoms with Gasteiger partial charge in [0, 0.05) is 0 Å². The standard InChI is InChI=1S/C14H11ClF2/c1-9-8-12(17)6-7-13(9)14(15)10-2-4-11(16)5-3-10/h2-8,14H,1H3. The second kappa shape index (κ2) is 4.84. The van der Waals surface area contributed by atoms with Crippen molar-refractivity contribution in [1.29, 1.82) is 0 Å². The van der Waals surface area contributed by atoms with E-state index < -0.39 is 5.38 Å². The van der Waals surface area contributed by atoms with Crippen LogP contribution in [0, 0.1) is 18.6 Å². The molecule has 88 valence electrons. The van der Waals surface area contributed by atoms with Crippen LogP contribution in [0.1, 0.15) is 22.1 Å². The van der Waals surface area contributed by atoms with E-state index in [4.69, 9.17) is 11.6 Å². The van der Waals surface area contributed by atoms with Crippen molar-refractivity contribution in [3.05, 3.63) is 70.8 Å². The first kappa shape index (κ1) is 12.1. The van der Waals surface area contributed by atoms with Gasteiger partial charge in [-0.1, -0.05) is 18.2 Å². The lowest BCUT2D eigenvalue weighted by Gasteiger charge is -2.13. The van der Waals surface area contributed by atoms with E-state index in [9.17, 15) is 8.78 Å². The number of aryl methyl sites for hydroxylation is 1. The summed E-state index contributed by atoms with van der Waals surface area (Å²) in [4.78, 5) is 0. The molecule has 1 unspecified atom stereocenters. The molecule has 2 rings (SSSR count). The fourth-order valence-corrected chi connectivity index (χ4v) is 2.13. The molecule has 0 aliphatic heterocycles. The number of benzene rings is 2. The molecule has 2 aromatic carbocycles. The van der Waals surface area contributed by atoms with E-state index in [1.165, 1.54) is 24.3 Å². The molecule has 0 spiro atoms. The highest BCUT2D eigenvalue weighted by Crippen LogP contribution is 2.31. The Morgan fingerprint density at radius 1 is 0.941 bits per heavy atom. The number of hydrogen-bond acceptors (Lipinski definition) is 0. The van der Waals surface area contributed by atoms with Crippen LogP contribution in [0.5, 0.6) is 0 Å². The molecule has 0 fully saturated rings. The van der Waals surface area contributed by atoms with Crippen LogP contribution >= 0.6 is 11.6 Å². The second-order valence-electron chi connectivity index (χ2n) is 3.92. The Morgan fingerprint density at radius 3 is 2.12 bits per heavy atom. The number of rotatable bonds is 2. The molecule has 17 heavy (non-hydrogen) atoms. The third-order valence-corrected chi connectivity index (χ3v) is 3.15. The lowest BCUT2D eigenvalue weighted by molar-refractivity contribution is 0.625. The van der Waals surface area contributed by atoms with Gasteiger partial charge in [0.05, 0.1) is 5.38 Å². The van der Waals surface area contributed by atoms with Crippen LogP contribution in [-0.4, -0.2) is 0 Å². The van der Waals surface area contributed by atoms with Crippen LogP contribution in [0.3, 0.4) is 0 Å². The quantitative estimate of drug-likeness (QED) is 0.685. The number of hydrogen-bond donors (Lipinski definition) is 0. The van der Waals surface area contributed by atoms with E-state index in [1.807, 2.05) is 0 Å². The Kier molecular flexibility index (Phi) is 3.43. The predicted octanol–water partition coefficient (Wildman–Crippen LogP) is 4.60. The molecular weight excluding hydrogens is 242 g/mol. The lowest BCUT2D eigenvalue weighted by atomic mass is 10.00. The van der Waals surface area contributed by atoms with Crippen molar-refractivity contribution in [1.82, 2.24) is 0 Å². The van der Waals surface area contributed by atoms with Gasteiger partial charge in [0.2, 0.25) is 0 Å². The van der Waals surface area contributed by atoms with E-state index >= 15 is 0 Å². The second-order valence-corrected chi connectivity index (χ2v) is 4.35. The largest absolute Gasteiger partial charge is 0.207 e. The van der Waals surface area contributed by atoms with Gasteiger partial charge in [-0.05, 0) is 47.9 Å². The molecule has 0 radical (unpaired) electrons. The molecule has 0 bridgehead atoms. The maximum absolute atomic E-state index is 13.0. The highest BCUT2D eigenvalue weighted by atomic mass is 35.5. The SMILES string of the molecule is Cc1cc(F)ccc1C(Cl)c1ccc(F)cc1. The molecule has 0 N–H and O–H groups in total. The minimum absolute atomic E-state index is 0.283. The zero-order valence-corrected chi connectivity index (χ0v) is 10.0. The Balaban J connectivity index is 2.36. The Hall–Kier alpha value is -1.41. The average Bonchev–Trinajstić information content (AvgIpc) is 2.29. The van der Waals surface area contributed by atoms with Crippen LogP contribution in [-0.2, 0) is 0 Å². The van der Waals surface area contributed by atoms with Gasteiger partial charge in [0.25, 0.3) is 0 Å². The maximum atomic E-state index is 13.0. The third kappa shape index (κ3) is 2.64. The topological polar surface area (TPSA) is 0 Å². The van der Waals surface area contributed by atoms with Gasteiger partial charge in [-0.3, -0.25) is 0 Å². The molecule has 2 aromatic rings. The monoisotopic (exact) mass is 252 g/mol. The van der Waals surface area contributed by atoms with Gasteiger partial charge in [-0.15, -0.1) is 11.6 Å². The number of alkyl halides is 1. The Labute approximate surface area is 104 Å². The Bertz CT molecular complexity index is 520. The summed E-state index contributed by atoms with van der Waals surface area (Å²) in [5.74, 6) is -0.581. The van der Waals surface area contributed by atoms with Crippen LogP contribution in [0.4, 0.5) is 8.78 Å². The van der Waals surface area contributed by atoms with Crippen molar-refractivity contribution in [2.45, 2.75) is 12.3 Å². The van der Waals surface area contributed by atoms with Crippen molar-refractivity contribution in [2.24, 2.45) is 0 Å². The van der Waals surface area contributed by atoms with Crippen LogP contribution < -0.4 is 0 Å². The summed E-state index contributed by atoms with van der Waals surface area (Å²) in [5, 5.41) is -0.392. The Morgan fingerprint density at radius 2 is 1.53 bits per heavy atom. The summed E-state index contributed by atoms with van der Waals surface area (Å²) in [6.07, 6.45) is 0. The van der Waals surface area contributed by atoms with Crippen LogP contribution in [0.2, 0.25) is 0 Å². The van der Waals surface area contributed by atoms with Gasteiger partial charge in [-0.2, -0.15) is 0 Å². The van der Waals surface area contributed by atoms with E-state index in [0.717, 1.165) is 16.7 Å². The summed E-state index contributed by atoms with van der Waals surface area (Å²) >= 11 is 6.30. The summed E-state index contributed by atoms with van der Waals surface area (Å²) in [6, 6.07) is 10.5. The molecular formula is C14H11ClF2. The zero-order chi connectivity index (χ0) is 12.4. The molecule has 0 aromatic heterocycles. The number of halogens is 3. The normalized spacial score (nSPS) is 12.5. The first-order valence-corrected chi connectivity index (χ1v) is 5.67. The van der Waals surface area contributed by atoms with Gasteiger partial charge in [0.15, 0.2) is 0 Å². The maximum Gasteiger partial charge on any atom is 0.123 e. The van der Waals surface area contributed by atoms with Crippen LogP contribution in [0.25, 0.3) is 0 Å². The molecule has 1 atom stereocenters. The lowest BCUT2D eigenvalue weighted by Crippen LogP contribution is -1.97. The molecule has 0 aliphatic rings. The summed E-state index contributed by atoms with van der Waals surface area (Å²) < 4.78 is 25.8.